The SMILES string of the molecule is COCCCn1cc([C@@H](C)N(C)C(=O)Nc2ccc(F)c(Cl)c2)c2ccccc2c1=O. The van der Waals surface area contributed by atoms with Crippen LogP contribution < -0.4 is 10.9 Å². The van der Waals surface area contributed by atoms with E-state index in [-0.39, 0.29) is 22.7 Å². The molecule has 8 heteroatoms. The number of hydrogen-bond donors (Lipinski definition) is 1. The first-order valence-corrected chi connectivity index (χ1v) is 10.3. The maximum atomic E-state index is 13.4. The van der Waals surface area contributed by atoms with Gasteiger partial charge in [-0.25, -0.2) is 9.18 Å². The van der Waals surface area contributed by atoms with E-state index in [2.05, 4.69) is 5.32 Å². The van der Waals surface area contributed by atoms with Gasteiger partial charge in [0.05, 0.1) is 11.1 Å². The lowest BCUT2D eigenvalue weighted by Gasteiger charge is -2.27. The number of nitrogens with zero attached hydrogens (tertiary/aromatic N) is 2. The first-order chi connectivity index (χ1) is 14.8. The Labute approximate surface area is 185 Å². The number of carbonyl (C=O) groups excluding carboxylic acids is 1. The number of carbonyl (C=O) groups is 1. The molecule has 0 aliphatic carbocycles. The first-order valence-electron chi connectivity index (χ1n) is 9.93. The number of methoxy groups -OCH3 is 1. The van der Waals surface area contributed by atoms with E-state index >= 15 is 0 Å². The minimum absolute atomic E-state index is 0.0670. The summed E-state index contributed by atoms with van der Waals surface area (Å²) in [6, 6.07) is 10.7. The minimum Gasteiger partial charge on any atom is -0.385 e. The predicted molar refractivity (Wildman–Crippen MR) is 121 cm³/mol. The summed E-state index contributed by atoms with van der Waals surface area (Å²) in [6.45, 7) is 2.96. The lowest BCUT2D eigenvalue weighted by Crippen LogP contribution is -2.34. The largest absolute Gasteiger partial charge is 0.385 e. The number of ether oxygens (including phenoxy) is 1. The highest BCUT2D eigenvalue weighted by molar-refractivity contribution is 6.31. The van der Waals surface area contributed by atoms with E-state index in [1.807, 2.05) is 31.3 Å². The van der Waals surface area contributed by atoms with E-state index in [9.17, 15) is 14.0 Å². The second-order valence-corrected chi connectivity index (χ2v) is 7.73. The van der Waals surface area contributed by atoms with Gasteiger partial charge in [0.15, 0.2) is 0 Å². The van der Waals surface area contributed by atoms with Crippen LogP contribution >= 0.6 is 11.6 Å². The molecule has 1 N–H and O–H groups in total. The third kappa shape index (κ3) is 5.06. The van der Waals surface area contributed by atoms with Crippen molar-refractivity contribution in [2.45, 2.75) is 25.9 Å². The predicted octanol–water partition coefficient (Wildman–Crippen LogP) is 5.06. The van der Waals surface area contributed by atoms with Gasteiger partial charge in [-0.3, -0.25) is 4.79 Å². The van der Waals surface area contributed by atoms with Crippen molar-refractivity contribution in [2.24, 2.45) is 0 Å². The molecule has 0 saturated carbocycles. The minimum atomic E-state index is -0.552. The Morgan fingerprint density at radius 1 is 1.26 bits per heavy atom. The van der Waals surface area contributed by atoms with Gasteiger partial charge in [0.2, 0.25) is 0 Å². The van der Waals surface area contributed by atoms with Gasteiger partial charge < -0.3 is 19.5 Å². The molecular formula is C23H25ClFN3O3. The van der Waals surface area contributed by atoms with Crippen molar-refractivity contribution in [3.05, 3.63) is 75.4 Å². The Kier molecular flexibility index (Phi) is 7.30. The van der Waals surface area contributed by atoms with Gasteiger partial charge in [0.25, 0.3) is 5.56 Å². The number of amides is 2. The van der Waals surface area contributed by atoms with Gasteiger partial charge in [0, 0.05) is 44.6 Å². The Morgan fingerprint density at radius 2 is 1.97 bits per heavy atom. The Balaban J connectivity index is 1.91. The molecule has 0 radical (unpaired) electrons. The van der Waals surface area contributed by atoms with E-state index in [0.29, 0.717) is 30.6 Å². The van der Waals surface area contributed by atoms with Gasteiger partial charge in [-0.15, -0.1) is 0 Å². The highest BCUT2D eigenvalue weighted by Crippen LogP contribution is 2.27. The second-order valence-electron chi connectivity index (χ2n) is 7.32. The summed E-state index contributed by atoms with van der Waals surface area (Å²) in [5, 5.41) is 4.06. The molecule has 0 fully saturated rings. The number of nitrogens with one attached hydrogen (secondary N) is 1. The maximum Gasteiger partial charge on any atom is 0.322 e. The van der Waals surface area contributed by atoms with Crippen molar-refractivity contribution in [1.29, 1.82) is 0 Å². The number of aryl methyl sites for hydroxylation is 1. The molecule has 1 heterocycles. The lowest BCUT2D eigenvalue weighted by atomic mass is 10.0. The lowest BCUT2D eigenvalue weighted by molar-refractivity contribution is 0.190. The Bertz CT molecular complexity index is 1150. The first kappa shape index (κ1) is 22.8. The van der Waals surface area contributed by atoms with Crippen LogP contribution in [0.3, 0.4) is 0 Å². The van der Waals surface area contributed by atoms with E-state index in [0.717, 1.165) is 10.9 Å². The van der Waals surface area contributed by atoms with Crippen LogP contribution in [0.1, 0.15) is 24.9 Å². The number of rotatable bonds is 7. The average Bonchev–Trinajstić information content (AvgIpc) is 2.77. The monoisotopic (exact) mass is 445 g/mol. The molecule has 0 spiro atoms. The molecule has 1 aromatic heterocycles. The normalized spacial score (nSPS) is 12.0. The number of pyridine rings is 1. The summed E-state index contributed by atoms with van der Waals surface area (Å²) >= 11 is 5.80. The van der Waals surface area contributed by atoms with Crippen molar-refractivity contribution in [2.75, 3.05) is 26.1 Å². The van der Waals surface area contributed by atoms with Gasteiger partial charge in [0.1, 0.15) is 5.82 Å². The number of anilines is 1. The van der Waals surface area contributed by atoms with E-state index < -0.39 is 5.82 Å². The van der Waals surface area contributed by atoms with Crippen LogP contribution in [0.4, 0.5) is 14.9 Å². The molecule has 0 unspecified atom stereocenters. The second kappa shape index (κ2) is 9.94. The summed E-state index contributed by atoms with van der Waals surface area (Å²) < 4.78 is 20.2. The zero-order valence-electron chi connectivity index (χ0n) is 17.7. The molecule has 2 aromatic carbocycles. The fourth-order valence-corrected chi connectivity index (χ4v) is 3.60. The summed E-state index contributed by atoms with van der Waals surface area (Å²) in [6.07, 6.45) is 2.51. The quantitative estimate of drug-likeness (QED) is 0.517. The van der Waals surface area contributed by atoms with Crippen LogP contribution in [0.5, 0.6) is 0 Å². The molecule has 3 aromatic rings. The van der Waals surface area contributed by atoms with Gasteiger partial charge >= 0.3 is 6.03 Å². The molecule has 6 nitrogen and oxygen atoms in total. The summed E-state index contributed by atoms with van der Waals surface area (Å²) in [5.74, 6) is -0.552. The zero-order valence-corrected chi connectivity index (χ0v) is 18.4. The van der Waals surface area contributed by atoms with Crippen molar-refractivity contribution in [1.82, 2.24) is 9.47 Å². The molecule has 3 rings (SSSR count). The van der Waals surface area contributed by atoms with E-state index in [1.54, 1.807) is 24.8 Å². The maximum absolute atomic E-state index is 13.4. The van der Waals surface area contributed by atoms with Gasteiger partial charge in [-0.05, 0) is 48.6 Å². The Morgan fingerprint density at radius 3 is 2.65 bits per heavy atom. The molecule has 0 saturated heterocycles. The zero-order chi connectivity index (χ0) is 22.5. The van der Waals surface area contributed by atoms with Gasteiger partial charge in [-0.2, -0.15) is 0 Å². The highest BCUT2D eigenvalue weighted by Gasteiger charge is 2.21. The van der Waals surface area contributed by atoms with Crippen molar-refractivity contribution in [3.8, 4) is 0 Å². The number of aromatic nitrogens is 1. The molecule has 0 aliphatic heterocycles. The standard InChI is InChI=1S/C23H25ClFN3O3/c1-15(27(2)23(30)26-16-9-10-21(25)20(24)13-16)19-14-28(11-6-12-31-3)22(29)18-8-5-4-7-17(18)19/h4-5,7-10,13-15H,6,11-12H2,1-3H3,(H,26,30)/t15-/m1/s1. The van der Waals surface area contributed by atoms with Crippen LogP contribution in [0.25, 0.3) is 10.8 Å². The fraction of sp³-hybridized carbons (Fsp3) is 0.304. The van der Waals surface area contributed by atoms with Crippen LogP contribution in [0.15, 0.2) is 53.5 Å². The molecule has 0 aliphatic rings. The summed E-state index contributed by atoms with van der Waals surface area (Å²) in [4.78, 5) is 27.2. The highest BCUT2D eigenvalue weighted by atomic mass is 35.5. The number of hydrogen-bond acceptors (Lipinski definition) is 3. The van der Waals surface area contributed by atoms with Crippen molar-refractivity contribution in [3.63, 3.8) is 0 Å². The fourth-order valence-electron chi connectivity index (χ4n) is 3.42. The van der Waals surface area contributed by atoms with Gasteiger partial charge in [-0.1, -0.05) is 29.8 Å². The van der Waals surface area contributed by atoms with Crippen molar-refractivity contribution < 1.29 is 13.9 Å². The van der Waals surface area contributed by atoms with Crippen LogP contribution in [0, 0.1) is 5.82 Å². The van der Waals surface area contributed by atoms with Crippen LogP contribution in [0.2, 0.25) is 5.02 Å². The molecule has 31 heavy (non-hydrogen) atoms. The molecule has 0 bridgehead atoms. The summed E-state index contributed by atoms with van der Waals surface area (Å²) in [5.41, 5.74) is 1.17. The third-order valence-electron chi connectivity index (χ3n) is 5.29. The smallest absolute Gasteiger partial charge is 0.322 e. The molecule has 164 valence electrons. The van der Waals surface area contributed by atoms with E-state index in [4.69, 9.17) is 16.3 Å². The molecular weight excluding hydrogens is 421 g/mol. The number of fused-ring (bicyclic) bond motifs is 1. The van der Waals surface area contributed by atoms with Crippen LogP contribution in [-0.4, -0.2) is 36.3 Å². The van der Waals surface area contributed by atoms with E-state index in [1.165, 1.54) is 23.1 Å². The molecule has 1 atom stereocenters. The average molecular weight is 446 g/mol. The van der Waals surface area contributed by atoms with Crippen LogP contribution in [-0.2, 0) is 11.3 Å². The number of urea groups is 1. The van der Waals surface area contributed by atoms with Crippen molar-refractivity contribution >= 4 is 34.1 Å². The summed E-state index contributed by atoms with van der Waals surface area (Å²) in [7, 11) is 3.29. The Hall–Kier alpha value is -2.90. The topological polar surface area (TPSA) is 63.6 Å². The molecule has 2 amide bonds. The number of halogens is 2. The number of benzene rings is 2. The third-order valence-corrected chi connectivity index (χ3v) is 5.58.